The highest BCUT2D eigenvalue weighted by molar-refractivity contribution is 8.07. The van der Waals surface area contributed by atoms with Crippen LogP contribution in [-0.4, -0.2) is 29.1 Å². The Labute approximate surface area is 113 Å². The Morgan fingerprint density at radius 1 is 1.18 bits per heavy atom. The lowest BCUT2D eigenvalue weighted by Gasteiger charge is -2.34. The third-order valence-electron chi connectivity index (χ3n) is 3.31. The summed E-state index contributed by atoms with van der Waals surface area (Å²) < 4.78 is 0. The molecule has 3 atom stereocenters. The van der Waals surface area contributed by atoms with Crippen molar-refractivity contribution in [2.24, 2.45) is 0 Å². The lowest BCUT2D eigenvalue weighted by atomic mass is 10.0. The van der Waals surface area contributed by atoms with Crippen LogP contribution in [0.1, 0.15) is 24.1 Å². The van der Waals surface area contributed by atoms with E-state index >= 15 is 0 Å². The first-order chi connectivity index (χ1) is 8.22. The molecule has 1 fully saturated rings. The van der Waals surface area contributed by atoms with E-state index in [1.807, 2.05) is 0 Å². The number of thioether (sulfide) groups is 2. The normalized spacial score (nSPS) is 26.8. The Kier molecular flexibility index (Phi) is 4.83. The summed E-state index contributed by atoms with van der Waals surface area (Å²) in [5.41, 5.74) is 2.76. The van der Waals surface area contributed by atoms with E-state index in [2.05, 4.69) is 74.0 Å². The fourth-order valence-electron chi connectivity index (χ4n) is 2.31. The summed E-state index contributed by atoms with van der Waals surface area (Å²) in [5.74, 6) is 2.58. The van der Waals surface area contributed by atoms with Crippen molar-refractivity contribution in [1.82, 2.24) is 5.32 Å². The van der Waals surface area contributed by atoms with Gasteiger partial charge in [-0.2, -0.15) is 23.5 Å². The quantitative estimate of drug-likeness (QED) is 0.900. The van der Waals surface area contributed by atoms with E-state index in [-0.39, 0.29) is 0 Å². The molecule has 1 N–H and O–H groups in total. The second kappa shape index (κ2) is 6.17. The van der Waals surface area contributed by atoms with Gasteiger partial charge in [-0.05, 0) is 19.5 Å². The number of rotatable bonds is 3. The second-order valence-electron chi connectivity index (χ2n) is 4.59. The van der Waals surface area contributed by atoms with Crippen molar-refractivity contribution < 1.29 is 0 Å². The summed E-state index contributed by atoms with van der Waals surface area (Å²) >= 11 is 4.23. The Bertz CT molecular complexity index is 350. The maximum Gasteiger partial charge on any atom is 0.0448 e. The first kappa shape index (κ1) is 13.3. The minimum Gasteiger partial charge on any atom is -0.312 e. The predicted octanol–water partition coefficient (Wildman–Crippen LogP) is 3.49. The second-order valence-corrected chi connectivity index (χ2v) is 7.36. The van der Waals surface area contributed by atoms with Crippen LogP contribution in [-0.2, 0) is 0 Å². The first-order valence-corrected chi connectivity index (χ1v) is 8.29. The zero-order valence-corrected chi connectivity index (χ0v) is 12.4. The van der Waals surface area contributed by atoms with Crippen molar-refractivity contribution in [2.75, 3.05) is 18.6 Å². The third kappa shape index (κ3) is 3.21. The Hall–Kier alpha value is -0.120. The van der Waals surface area contributed by atoms with Crippen LogP contribution in [0.5, 0.6) is 0 Å². The van der Waals surface area contributed by atoms with E-state index in [0.29, 0.717) is 11.3 Å². The molecule has 0 amide bonds. The zero-order valence-electron chi connectivity index (χ0n) is 10.8. The number of hydrogen-bond donors (Lipinski definition) is 1. The van der Waals surface area contributed by atoms with Crippen LogP contribution in [0, 0.1) is 6.92 Å². The van der Waals surface area contributed by atoms with Gasteiger partial charge in [0.1, 0.15) is 0 Å². The molecule has 1 saturated heterocycles. The van der Waals surface area contributed by atoms with E-state index in [9.17, 15) is 0 Å². The van der Waals surface area contributed by atoms with Gasteiger partial charge in [-0.3, -0.25) is 0 Å². The van der Waals surface area contributed by atoms with Crippen LogP contribution in [0.3, 0.4) is 0 Å². The van der Waals surface area contributed by atoms with Gasteiger partial charge in [-0.15, -0.1) is 0 Å². The highest BCUT2D eigenvalue weighted by atomic mass is 32.2. The molecule has 3 heteroatoms. The van der Waals surface area contributed by atoms with Crippen molar-refractivity contribution in [3.63, 3.8) is 0 Å². The summed E-state index contributed by atoms with van der Waals surface area (Å²) in [7, 11) is 2.08. The topological polar surface area (TPSA) is 12.0 Å². The van der Waals surface area contributed by atoms with E-state index in [1.54, 1.807) is 0 Å². The maximum atomic E-state index is 3.50. The third-order valence-corrected chi connectivity index (χ3v) is 6.51. The smallest absolute Gasteiger partial charge is 0.0448 e. The van der Waals surface area contributed by atoms with Crippen LogP contribution in [0.2, 0.25) is 0 Å². The maximum absolute atomic E-state index is 3.50. The van der Waals surface area contributed by atoms with Crippen molar-refractivity contribution in [3.8, 4) is 0 Å². The van der Waals surface area contributed by atoms with Gasteiger partial charge in [0.05, 0.1) is 0 Å². The predicted molar refractivity (Wildman–Crippen MR) is 81.1 cm³/mol. The lowest BCUT2D eigenvalue weighted by Crippen LogP contribution is -2.36. The molecule has 1 aliphatic heterocycles. The molecule has 0 aliphatic carbocycles. The van der Waals surface area contributed by atoms with Gasteiger partial charge in [-0.25, -0.2) is 0 Å². The van der Waals surface area contributed by atoms with Gasteiger partial charge >= 0.3 is 0 Å². The van der Waals surface area contributed by atoms with Crippen LogP contribution in [0.15, 0.2) is 24.3 Å². The molecular formula is C14H21NS2. The number of nitrogens with one attached hydrogen (secondary N) is 1. The van der Waals surface area contributed by atoms with E-state index in [1.165, 1.54) is 22.6 Å². The fraction of sp³-hybridized carbons (Fsp3) is 0.571. The molecule has 1 nitrogen and oxygen atoms in total. The van der Waals surface area contributed by atoms with Crippen LogP contribution in [0.4, 0.5) is 0 Å². The average Bonchev–Trinajstić information content (AvgIpc) is 2.35. The summed E-state index contributed by atoms with van der Waals surface area (Å²) in [6.07, 6.45) is 0. The fourth-order valence-corrected chi connectivity index (χ4v) is 5.30. The Morgan fingerprint density at radius 3 is 2.41 bits per heavy atom. The van der Waals surface area contributed by atoms with Gasteiger partial charge < -0.3 is 5.32 Å². The molecule has 0 saturated carbocycles. The Balaban J connectivity index is 2.17. The van der Waals surface area contributed by atoms with Gasteiger partial charge in [0, 0.05) is 28.0 Å². The highest BCUT2D eigenvalue weighted by Crippen LogP contribution is 2.38. The number of aryl methyl sites for hydroxylation is 1. The molecule has 2 rings (SSSR count). The van der Waals surface area contributed by atoms with Gasteiger partial charge in [0.2, 0.25) is 0 Å². The minimum atomic E-state index is 0.475. The van der Waals surface area contributed by atoms with Crippen LogP contribution in [0.25, 0.3) is 0 Å². The zero-order chi connectivity index (χ0) is 12.3. The van der Waals surface area contributed by atoms with E-state index in [0.717, 1.165) is 5.25 Å². The highest BCUT2D eigenvalue weighted by Gasteiger charge is 2.30. The molecular weight excluding hydrogens is 246 g/mol. The van der Waals surface area contributed by atoms with Crippen molar-refractivity contribution >= 4 is 23.5 Å². The summed E-state index contributed by atoms with van der Waals surface area (Å²) in [6.45, 7) is 4.51. The molecule has 1 aromatic carbocycles. The average molecular weight is 267 g/mol. The lowest BCUT2D eigenvalue weighted by molar-refractivity contribution is 0.560. The molecule has 0 aromatic heterocycles. The molecule has 0 bridgehead atoms. The molecule has 1 aromatic rings. The molecule has 94 valence electrons. The van der Waals surface area contributed by atoms with Crippen molar-refractivity contribution in [1.29, 1.82) is 0 Å². The minimum absolute atomic E-state index is 0.475. The van der Waals surface area contributed by atoms with E-state index < -0.39 is 0 Å². The first-order valence-electron chi connectivity index (χ1n) is 6.19. The molecule has 3 unspecified atom stereocenters. The van der Waals surface area contributed by atoms with Crippen LogP contribution >= 0.6 is 23.5 Å². The largest absolute Gasteiger partial charge is 0.312 e. The monoisotopic (exact) mass is 267 g/mol. The number of hydrogen-bond acceptors (Lipinski definition) is 3. The molecule has 1 heterocycles. The SMILES string of the molecule is CNC(c1ccc(C)cc1)C1SCCSC1C. The van der Waals surface area contributed by atoms with Gasteiger partial charge in [-0.1, -0.05) is 36.8 Å². The molecule has 1 aliphatic rings. The van der Waals surface area contributed by atoms with Gasteiger partial charge in [0.15, 0.2) is 0 Å². The summed E-state index contributed by atoms with van der Waals surface area (Å²) in [5, 5.41) is 4.91. The standard InChI is InChI=1S/C14H21NS2/c1-10-4-6-12(7-5-10)13(15-3)14-11(2)16-8-9-17-14/h4-7,11,13-15H,8-9H2,1-3H3. The molecule has 17 heavy (non-hydrogen) atoms. The number of benzene rings is 1. The summed E-state index contributed by atoms with van der Waals surface area (Å²) in [6, 6.07) is 9.44. The summed E-state index contributed by atoms with van der Waals surface area (Å²) in [4.78, 5) is 0. The van der Waals surface area contributed by atoms with E-state index in [4.69, 9.17) is 0 Å². The van der Waals surface area contributed by atoms with Crippen LogP contribution < -0.4 is 5.32 Å². The molecule has 0 radical (unpaired) electrons. The Morgan fingerprint density at radius 2 is 1.82 bits per heavy atom. The van der Waals surface area contributed by atoms with Crippen molar-refractivity contribution in [3.05, 3.63) is 35.4 Å². The van der Waals surface area contributed by atoms with Crippen molar-refractivity contribution in [2.45, 2.75) is 30.4 Å². The molecule has 0 spiro atoms. The van der Waals surface area contributed by atoms with Gasteiger partial charge in [0.25, 0.3) is 0 Å².